The second-order valence-corrected chi connectivity index (χ2v) is 3.34. The minimum Gasteiger partial charge on any atom is -0.392 e. The van der Waals surface area contributed by atoms with Gasteiger partial charge in [-0.2, -0.15) is 0 Å². The molecule has 78 valence electrons. The van der Waals surface area contributed by atoms with Crippen molar-refractivity contribution in [1.29, 1.82) is 0 Å². The van der Waals surface area contributed by atoms with Gasteiger partial charge >= 0.3 is 0 Å². The van der Waals surface area contributed by atoms with Crippen LogP contribution in [0.25, 0.3) is 0 Å². The van der Waals surface area contributed by atoms with E-state index in [1.165, 1.54) is 0 Å². The number of aliphatic hydroxyl groups excluding tert-OH is 1. The van der Waals surface area contributed by atoms with Crippen LogP contribution in [0.1, 0.15) is 27.2 Å². The van der Waals surface area contributed by atoms with Crippen molar-refractivity contribution in [3.8, 4) is 0 Å². The van der Waals surface area contributed by atoms with Crippen molar-refractivity contribution in [2.24, 2.45) is 0 Å². The molecule has 0 saturated carbocycles. The lowest BCUT2D eigenvalue weighted by atomic mass is 10.2. The summed E-state index contributed by atoms with van der Waals surface area (Å²) in [6.07, 6.45) is 0.525. The first-order chi connectivity index (χ1) is 6.06. The number of carbonyl (C=O) groups excluding carboxylic acids is 1. The Labute approximate surface area is 79.7 Å². The summed E-state index contributed by atoms with van der Waals surface area (Å²) in [5.41, 5.74) is 0. The Hall–Kier alpha value is -0.610. The molecule has 0 aliphatic rings. The van der Waals surface area contributed by atoms with Crippen LogP contribution in [0.5, 0.6) is 0 Å². The van der Waals surface area contributed by atoms with Crippen molar-refractivity contribution in [3.63, 3.8) is 0 Å². The summed E-state index contributed by atoms with van der Waals surface area (Å²) in [5.74, 6) is -0.0683. The Morgan fingerprint density at radius 1 is 1.46 bits per heavy atom. The molecule has 0 saturated heterocycles. The van der Waals surface area contributed by atoms with Crippen LogP contribution in [0, 0.1) is 0 Å². The van der Waals surface area contributed by atoms with E-state index < -0.39 is 6.10 Å². The molecule has 0 aromatic carbocycles. The van der Waals surface area contributed by atoms with Gasteiger partial charge in [0.1, 0.15) is 0 Å². The van der Waals surface area contributed by atoms with Gasteiger partial charge in [0.2, 0.25) is 5.91 Å². The standard InChI is InChI=1S/C9H20N2O2/c1-4-7(2)10-6-9(13)11-5-8(3)12/h7-8,10,12H,4-6H2,1-3H3,(H,11,13)/t7?,8-/m1/s1. The van der Waals surface area contributed by atoms with Crippen molar-refractivity contribution in [3.05, 3.63) is 0 Å². The van der Waals surface area contributed by atoms with Gasteiger partial charge < -0.3 is 15.7 Å². The normalized spacial score (nSPS) is 15.1. The molecule has 0 aliphatic carbocycles. The lowest BCUT2D eigenvalue weighted by Crippen LogP contribution is -2.40. The van der Waals surface area contributed by atoms with Gasteiger partial charge in [-0.15, -0.1) is 0 Å². The maximum atomic E-state index is 11.1. The summed E-state index contributed by atoms with van der Waals surface area (Å²) in [4.78, 5) is 11.1. The highest BCUT2D eigenvalue weighted by atomic mass is 16.3. The number of amides is 1. The van der Waals surface area contributed by atoms with Crippen LogP contribution in [0.4, 0.5) is 0 Å². The molecule has 2 atom stereocenters. The van der Waals surface area contributed by atoms with Crippen molar-refractivity contribution < 1.29 is 9.90 Å². The van der Waals surface area contributed by atoms with E-state index in [0.717, 1.165) is 6.42 Å². The van der Waals surface area contributed by atoms with Crippen LogP contribution >= 0.6 is 0 Å². The topological polar surface area (TPSA) is 61.4 Å². The van der Waals surface area contributed by atoms with E-state index in [-0.39, 0.29) is 5.91 Å². The monoisotopic (exact) mass is 188 g/mol. The molecule has 13 heavy (non-hydrogen) atoms. The quantitative estimate of drug-likeness (QED) is 0.544. The SMILES string of the molecule is CCC(C)NCC(=O)NC[C@@H](C)O. The molecule has 4 heteroatoms. The minimum absolute atomic E-state index is 0.0683. The number of hydrogen-bond acceptors (Lipinski definition) is 3. The number of aliphatic hydroxyl groups is 1. The zero-order valence-electron chi connectivity index (χ0n) is 8.63. The molecule has 0 radical (unpaired) electrons. The van der Waals surface area contributed by atoms with Crippen molar-refractivity contribution in [1.82, 2.24) is 10.6 Å². The van der Waals surface area contributed by atoms with E-state index >= 15 is 0 Å². The highest BCUT2D eigenvalue weighted by Crippen LogP contribution is 1.85. The average Bonchev–Trinajstić information content (AvgIpc) is 2.10. The van der Waals surface area contributed by atoms with Crippen LogP contribution < -0.4 is 10.6 Å². The molecule has 0 aromatic rings. The maximum Gasteiger partial charge on any atom is 0.234 e. The van der Waals surface area contributed by atoms with E-state index in [2.05, 4.69) is 17.6 Å². The number of nitrogens with one attached hydrogen (secondary N) is 2. The van der Waals surface area contributed by atoms with Gasteiger partial charge in [0.15, 0.2) is 0 Å². The Balaban J connectivity index is 3.40. The lowest BCUT2D eigenvalue weighted by Gasteiger charge is -2.11. The molecule has 0 bridgehead atoms. The van der Waals surface area contributed by atoms with Crippen LogP contribution in [0.2, 0.25) is 0 Å². The lowest BCUT2D eigenvalue weighted by molar-refractivity contribution is -0.120. The van der Waals surface area contributed by atoms with Gasteiger partial charge in [0, 0.05) is 12.6 Å². The third kappa shape index (κ3) is 7.74. The largest absolute Gasteiger partial charge is 0.392 e. The smallest absolute Gasteiger partial charge is 0.234 e. The molecule has 0 heterocycles. The first-order valence-corrected chi connectivity index (χ1v) is 4.74. The molecule has 0 aliphatic heterocycles. The second kappa shape index (κ2) is 6.86. The number of rotatable bonds is 6. The predicted octanol–water partition coefficient (Wildman–Crippen LogP) is -0.128. The van der Waals surface area contributed by atoms with Crippen molar-refractivity contribution in [2.75, 3.05) is 13.1 Å². The third-order valence-electron chi connectivity index (χ3n) is 1.82. The fraction of sp³-hybridized carbons (Fsp3) is 0.889. The summed E-state index contributed by atoms with van der Waals surface area (Å²) in [7, 11) is 0. The van der Waals surface area contributed by atoms with Crippen LogP contribution in [-0.4, -0.2) is 36.2 Å². The van der Waals surface area contributed by atoms with E-state index in [1.54, 1.807) is 6.92 Å². The predicted molar refractivity (Wildman–Crippen MR) is 52.4 cm³/mol. The van der Waals surface area contributed by atoms with E-state index in [1.807, 2.05) is 6.92 Å². The van der Waals surface area contributed by atoms with Crippen LogP contribution in [0.15, 0.2) is 0 Å². The van der Waals surface area contributed by atoms with Crippen LogP contribution in [0.3, 0.4) is 0 Å². The molecule has 0 aromatic heterocycles. The van der Waals surface area contributed by atoms with Gasteiger partial charge in [-0.25, -0.2) is 0 Å². The molecule has 1 amide bonds. The number of carbonyl (C=O) groups is 1. The highest BCUT2D eigenvalue weighted by molar-refractivity contribution is 5.78. The fourth-order valence-electron chi connectivity index (χ4n) is 0.735. The van der Waals surface area contributed by atoms with Crippen molar-refractivity contribution in [2.45, 2.75) is 39.3 Å². The van der Waals surface area contributed by atoms with Gasteiger partial charge in [-0.1, -0.05) is 6.92 Å². The van der Waals surface area contributed by atoms with Gasteiger partial charge in [0.05, 0.1) is 12.6 Å². The fourth-order valence-corrected chi connectivity index (χ4v) is 0.735. The number of hydrogen-bond donors (Lipinski definition) is 3. The molecule has 1 unspecified atom stereocenters. The molecular weight excluding hydrogens is 168 g/mol. The third-order valence-corrected chi connectivity index (χ3v) is 1.82. The summed E-state index contributed by atoms with van der Waals surface area (Å²) < 4.78 is 0. The van der Waals surface area contributed by atoms with E-state index in [9.17, 15) is 4.79 Å². The first-order valence-electron chi connectivity index (χ1n) is 4.74. The molecular formula is C9H20N2O2. The Morgan fingerprint density at radius 3 is 2.54 bits per heavy atom. The summed E-state index contributed by atoms with van der Waals surface area (Å²) in [6.45, 7) is 6.37. The van der Waals surface area contributed by atoms with Gasteiger partial charge in [-0.3, -0.25) is 4.79 Å². The highest BCUT2D eigenvalue weighted by Gasteiger charge is 2.04. The second-order valence-electron chi connectivity index (χ2n) is 3.34. The minimum atomic E-state index is -0.479. The Kier molecular flexibility index (Phi) is 6.54. The van der Waals surface area contributed by atoms with E-state index in [0.29, 0.717) is 19.1 Å². The average molecular weight is 188 g/mol. The molecule has 0 spiro atoms. The van der Waals surface area contributed by atoms with Crippen LogP contribution in [-0.2, 0) is 4.79 Å². The Morgan fingerprint density at radius 2 is 2.08 bits per heavy atom. The summed E-state index contributed by atoms with van der Waals surface area (Å²) >= 11 is 0. The van der Waals surface area contributed by atoms with Gasteiger partial charge in [-0.05, 0) is 20.3 Å². The summed E-state index contributed by atoms with van der Waals surface area (Å²) in [6, 6.07) is 0.359. The molecule has 3 N–H and O–H groups in total. The Bertz CT molecular complexity index is 149. The van der Waals surface area contributed by atoms with Gasteiger partial charge in [0.25, 0.3) is 0 Å². The van der Waals surface area contributed by atoms with Crippen molar-refractivity contribution >= 4 is 5.91 Å². The summed E-state index contributed by atoms with van der Waals surface area (Å²) in [5, 5.41) is 14.6. The zero-order chi connectivity index (χ0) is 10.3. The first kappa shape index (κ1) is 12.4. The molecule has 0 fully saturated rings. The zero-order valence-corrected chi connectivity index (χ0v) is 8.63. The maximum absolute atomic E-state index is 11.1. The molecule has 4 nitrogen and oxygen atoms in total. The van der Waals surface area contributed by atoms with E-state index in [4.69, 9.17) is 5.11 Å². The molecule has 0 rings (SSSR count).